The molecule has 0 saturated heterocycles. The summed E-state index contributed by atoms with van der Waals surface area (Å²) in [4.78, 5) is 24.1. The molecule has 3 rings (SSSR count). The second kappa shape index (κ2) is 8.52. The van der Waals surface area contributed by atoms with Gasteiger partial charge in [0.15, 0.2) is 11.5 Å². The second-order valence-electron chi connectivity index (χ2n) is 6.92. The number of phenolic OH excluding ortho intramolecular Hbond substituents is 1. The minimum atomic E-state index is -0.670. The number of amides is 1. The summed E-state index contributed by atoms with van der Waals surface area (Å²) in [6, 6.07) is 4.54. The molecule has 0 aromatic heterocycles. The monoisotopic (exact) mass is 415 g/mol. The summed E-state index contributed by atoms with van der Waals surface area (Å²) in [5.74, 6) is 0.277. The van der Waals surface area contributed by atoms with Crippen LogP contribution in [0.4, 0.5) is 0 Å². The van der Waals surface area contributed by atoms with Crippen molar-refractivity contribution < 1.29 is 33.6 Å². The first kappa shape index (κ1) is 21.3. The van der Waals surface area contributed by atoms with Gasteiger partial charge in [-0.2, -0.15) is 0 Å². The minimum Gasteiger partial charge on any atom is -0.507 e. The van der Waals surface area contributed by atoms with Gasteiger partial charge in [-0.1, -0.05) is 0 Å². The molecule has 0 bridgehead atoms. The fourth-order valence-electron chi connectivity index (χ4n) is 3.93. The van der Waals surface area contributed by atoms with E-state index in [2.05, 4.69) is 5.32 Å². The van der Waals surface area contributed by atoms with E-state index in [9.17, 15) is 14.7 Å². The quantitative estimate of drug-likeness (QED) is 0.724. The van der Waals surface area contributed by atoms with Gasteiger partial charge in [-0.25, -0.2) is 4.79 Å². The van der Waals surface area contributed by atoms with E-state index in [4.69, 9.17) is 18.9 Å². The molecule has 8 heteroatoms. The number of esters is 1. The molecule has 1 aliphatic rings. The summed E-state index contributed by atoms with van der Waals surface area (Å²) in [7, 11) is 5.83. The van der Waals surface area contributed by atoms with Crippen molar-refractivity contribution in [3.05, 3.63) is 34.9 Å². The molecule has 1 aliphatic carbocycles. The summed E-state index contributed by atoms with van der Waals surface area (Å²) in [5.41, 5.74) is 2.93. The Hall–Kier alpha value is -3.42. The van der Waals surface area contributed by atoms with Gasteiger partial charge in [0.2, 0.25) is 11.7 Å². The molecule has 0 fully saturated rings. The lowest BCUT2D eigenvalue weighted by Gasteiger charge is -2.22. The van der Waals surface area contributed by atoms with Crippen LogP contribution in [0, 0.1) is 0 Å². The predicted octanol–water partition coefficient (Wildman–Crippen LogP) is 3.00. The Morgan fingerprint density at radius 2 is 1.73 bits per heavy atom. The molecule has 1 amide bonds. The molecular weight excluding hydrogens is 390 g/mol. The van der Waals surface area contributed by atoms with Crippen molar-refractivity contribution in [2.45, 2.75) is 25.8 Å². The molecule has 0 radical (unpaired) electrons. The van der Waals surface area contributed by atoms with E-state index in [-0.39, 0.29) is 23.3 Å². The molecule has 1 atom stereocenters. The number of hydrogen-bond acceptors (Lipinski definition) is 7. The van der Waals surface area contributed by atoms with Crippen LogP contribution >= 0.6 is 0 Å². The van der Waals surface area contributed by atoms with Crippen molar-refractivity contribution in [1.82, 2.24) is 5.32 Å². The number of fused-ring (bicyclic) bond motifs is 3. The minimum absolute atomic E-state index is 0.0162. The number of methoxy groups -OCH3 is 4. The molecule has 0 aliphatic heterocycles. The number of rotatable bonds is 5. The van der Waals surface area contributed by atoms with Crippen LogP contribution in [-0.4, -0.2) is 45.4 Å². The molecule has 2 N–H and O–H groups in total. The van der Waals surface area contributed by atoms with Crippen LogP contribution in [-0.2, 0) is 16.0 Å². The molecule has 160 valence electrons. The standard InChI is InChI=1S/C22H25NO7/c1-11(24)23-16-7-6-12-8-18(27-2)20(28-3)21(29-4)19(12)14-9-15(22(26)30-5)17(25)10-13(14)16/h8-10,16,25H,6-7H2,1-5H3,(H,23,24). The third kappa shape index (κ3) is 3.60. The highest BCUT2D eigenvalue weighted by Gasteiger charge is 2.31. The van der Waals surface area contributed by atoms with Gasteiger partial charge < -0.3 is 29.4 Å². The van der Waals surface area contributed by atoms with Crippen LogP contribution in [0.2, 0.25) is 0 Å². The lowest BCUT2D eigenvalue weighted by Crippen LogP contribution is -2.26. The van der Waals surface area contributed by atoms with E-state index in [0.717, 1.165) is 5.56 Å². The first-order valence-electron chi connectivity index (χ1n) is 9.40. The number of hydrogen-bond donors (Lipinski definition) is 2. The van der Waals surface area contributed by atoms with Gasteiger partial charge in [0.05, 0.1) is 34.5 Å². The van der Waals surface area contributed by atoms with Gasteiger partial charge in [-0.3, -0.25) is 4.79 Å². The summed E-state index contributed by atoms with van der Waals surface area (Å²) < 4.78 is 21.5. The fourth-order valence-corrected chi connectivity index (χ4v) is 3.93. The number of aryl methyl sites for hydroxylation is 1. The van der Waals surface area contributed by atoms with Gasteiger partial charge in [0.25, 0.3) is 0 Å². The fraction of sp³-hybridized carbons (Fsp3) is 0.364. The van der Waals surface area contributed by atoms with Crippen molar-refractivity contribution in [2.24, 2.45) is 0 Å². The molecule has 2 aromatic carbocycles. The molecule has 0 heterocycles. The molecule has 1 unspecified atom stereocenters. The molecule has 30 heavy (non-hydrogen) atoms. The maximum Gasteiger partial charge on any atom is 0.341 e. The Labute approximate surface area is 174 Å². The molecule has 8 nitrogen and oxygen atoms in total. The van der Waals surface area contributed by atoms with E-state index in [1.807, 2.05) is 6.07 Å². The maximum absolute atomic E-state index is 12.2. The lowest BCUT2D eigenvalue weighted by molar-refractivity contribution is -0.119. The summed E-state index contributed by atoms with van der Waals surface area (Å²) >= 11 is 0. The smallest absolute Gasteiger partial charge is 0.341 e. The SMILES string of the molecule is COC(=O)c1cc2c(cc1O)C(NC(C)=O)CCc1cc(OC)c(OC)c(OC)c1-2. The normalized spacial score (nSPS) is 14.6. The largest absolute Gasteiger partial charge is 0.507 e. The van der Waals surface area contributed by atoms with Gasteiger partial charge in [0.1, 0.15) is 11.3 Å². The first-order chi connectivity index (χ1) is 14.4. The zero-order chi connectivity index (χ0) is 22.0. The average Bonchev–Trinajstić information content (AvgIpc) is 2.87. The average molecular weight is 415 g/mol. The molecule has 0 saturated carbocycles. The van der Waals surface area contributed by atoms with Crippen molar-refractivity contribution in [3.63, 3.8) is 0 Å². The molecule has 2 aromatic rings. The highest BCUT2D eigenvalue weighted by Crippen LogP contribution is 2.51. The molecule has 0 spiro atoms. The van der Waals surface area contributed by atoms with Crippen molar-refractivity contribution in [3.8, 4) is 34.1 Å². The van der Waals surface area contributed by atoms with Gasteiger partial charge in [-0.15, -0.1) is 0 Å². The van der Waals surface area contributed by atoms with E-state index < -0.39 is 5.97 Å². The van der Waals surface area contributed by atoms with Crippen LogP contribution in [0.1, 0.15) is 40.9 Å². The number of ether oxygens (including phenoxy) is 4. The topological polar surface area (TPSA) is 103 Å². The van der Waals surface area contributed by atoms with Crippen LogP contribution in [0.5, 0.6) is 23.0 Å². The number of benzene rings is 2. The van der Waals surface area contributed by atoms with Gasteiger partial charge >= 0.3 is 5.97 Å². The van der Waals surface area contributed by atoms with Crippen LogP contribution in [0.15, 0.2) is 18.2 Å². The van der Waals surface area contributed by atoms with E-state index in [1.165, 1.54) is 34.3 Å². The van der Waals surface area contributed by atoms with Crippen LogP contribution in [0.3, 0.4) is 0 Å². The summed E-state index contributed by atoms with van der Waals surface area (Å²) in [6.45, 7) is 1.44. The Kier molecular flexibility index (Phi) is 6.05. The van der Waals surface area contributed by atoms with Crippen molar-refractivity contribution >= 4 is 11.9 Å². The van der Waals surface area contributed by atoms with Gasteiger partial charge in [-0.05, 0) is 47.7 Å². The first-order valence-corrected chi connectivity index (χ1v) is 9.40. The third-order valence-electron chi connectivity index (χ3n) is 5.21. The Balaban J connectivity index is 2.39. The number of aromatic hydroxyl groups is 1. The summed E-state index contributed by atoms with van der Waals surface area (Å²) in [6.07, 6.45) is 1.18. The Bertz CT molecular complexity index is 1000. The Morgan fingerprint density at radius 3 is 2.30 bits per heavy atom. The van der Waals surface area contributed by atoms with E-state index in [0.29, 0.717) is 46.8 Å². The highest BCUT2D eigenvalue weighted by molar-refractivity contribution is 5.96. The number of phenols is 1. The highest BCUT2D eigenvalue weighted by atomic mass is 16.5. The van der Waals surface area contributed by atoms with Crippen LogP contribution < -0.4 is 19.5 Å². The zero-order valence-electron chi connectivity index (χ0n) is 17.6. The van der Waals surface area contributed by atoms with Gasteiger partial charge in [0, 0.05) is 12.5 Å². The van der Waals surface area contributed by atoms with E-state index in [1.54, 1.807) is 13.2 Å². The predicted molar refractivity (Wildman–Crippen MR) is 109 cm³/mol. The van der Waals surface area contributed by atoms with Crippen molar-refractivity contribution in [1.29, 1.82) is 0 Å². The second-order valence-corrected chi connectivity index (χ2v) is 6.92. The lowest BCUT2D eigenvalue weighted by atomic mass is 9.91. The Morgan fingerprint density at radius 1 is 1.03 bits per heavy atom. The number of carbonyl (C=O) groups excluding carboxylic acids is 2. The maximum atomic E-state index is 12.2. The summed E-state index contributed by atoms with van der Waals surface area (Å²) in [5, 5.41) is 13.4. The third-order valence-corrected chi connectivity index (χ3v) is 5.21. The molecular formula is C22H25NO7. The number of nitrogens with one attached hydrogen (secondary N) is 1. The van der Waals surface area contributed by atoms with Crippen LogP contribution in [0.25, 0.3) is 11.1 Å². The number of carbonyl (C=O) groups is 2. The van der Waals surface area contributed by atoms with E-state index >= 15 is 0 Å². The zero-order valence-corrected chi connectivity index (χ0v) is 17.6. The van der Waals surface area contributed by atoms with Crippen molar-refractivity contribution in [2.75, 3.05) is 28.4 Å².